The lowest BCUT2D eigenvalue weighted by Crippen LogP contribution is -2.42. The summed E-state index contributed by atoms with van der Waals surface area (Å²) in [6.07, 6.45) is 2.47. The first-order valence-electron chi connectivity index (χ1n) is 9.31. The molecule has 0 aromatic heterocycles. The average molecular weight is 469 g/mol. The Morgan fingerprint density at radius 3 is 2.08 bits per heavy atom. The van der Waals surface area contributed by atoms with E-state index in [9.17, 15) is 4.79 Å². The first-order valence-corrected chi connectivity index (χ1v) is 9.31. The van der Waals surface area contributed by atoms with E-state index in [4.69, 9.17) is 0 Å². The molecule has 0 aliphatic carbocycles. The van der Waals surface area contributed by atoms with Crippen LogP contribution in [-0.2, 0) is 4.79 Å². The van der Waals surface area contributed by atoms with Gasteiger partial charge in [-0.2, -0.15) is 0 Å². The van der Waals surface area contributed by atoms with E-state index < -0.39 is 0 Å². The minimum atomic E-state index is 0. The van der Waals surface area contributed by atoms with Gasteiger partial charge in [-0.25, -0.2) is 0 Å². The summed E-state index contributed by atoms with van der Waals surface area (Å²) < 4.78 is 0. The molecular weight excluding hydrogens is 429 g/mol. The Morgan fingerprint density at radius 2 is 1.60 bits per heavy atom. The Kier molecular flexibility index (Phi) is 16.7. The fourth-order valence-corrected chi connectivity index (χ4v) is 2.55. The Labute approximate surface area is 172 Å². The van der Waals surface area contributed by atoms with Gasteiger partial charge in [-0.05, 0) is 47.5 Å². The molecule has 25 heavy (non-hydrogen) atoms. The molecule has 0 aliphatic heterocycles. The number of nitrogens with one attached hydrogen (secondary N) is 3. The van der Waals surface area contributed by atoms with Gasteiger partial charge in [0.15, 0.2) is 5.96 Å². The quantitative estimate of drug-likeness (QED) is 0.188. The Hall–Kier alpha value is -0.570. The Balaban J connectivity index is 0. The lowest BCUT2D eigenvalue weighted by molar-refractivity contribution is -0.121. The number of nitrogens with zero attached hydrogens (tertiary/aromatic N) is 2. The number of halogens is 1. The Morgan fingerprint density at radius 1 is 1.04 bits per heavy atom. The molecule has 0 radical (unpaired) electrons. The summed E-state index contributed by atoms with van der Waals surface area (Å²) in [6, 6.07) is 1.36. The zero-order valence-corrected chi connectivity index (χ0v) is 19.5. The maximum atomic E-state index is 11.7. The molecule has 0 aromatic carbocycles. The number of guanidine groups is 1. The molecular formula is C18H40IN5O. The first-order chi connectivity index (χ1) is 11.3. The number of aliphatic imine (C=N–C) groups is 1. The van der Waals surface area contributed by atoms with Crippen molar-refractivity contribution in [3.8, 4) is 0 Å². The summed E-state index contributed by atoms with van der Waals surface area (Å²) >= 11 is 0. The van der Waals surface area contributed by atoms with E-state index in [-0.39, 0.29) is 35.9 Å². The van der Waals surface area contributed by atoms with Crippen molar-refractivity contribution in [1.82, 2.24) is 20.9 Å². The molecule has 0 rings (SSSR count). The molecule has 0 spiro atoms. The van der Waals surface area contributed by atoms with E-state index in [2.05, 4.69) is 60.5 Å². The zero-order chi connectivity index (χ0) is 18.5. The third-order valence-corrected chi connectivity index (χ3v) is 4.10. The third kappa shape index (κ3) is 13.3. The average Bonchev–Trinajstić information content (AvgIpc) is 2.51. The van der Waals surface area contributed by atoms with Gasteiger partial charge in [-0.3, -0.25) is 14.7 Å². The van der Waals surface area contributed by atoms with Crippen LogP contribution in [0.2, 0.25) is 0 Å². The minimum absolute atomic E-state index is 0. The van der Waals surface area contributed by atoms with Gasteiger partial charge in [0.05, 0.1) is 0 Å². The van der Waals surface area contributed by atoms with Crippen molar-refractivity contribution in [3.05, 3.63) is 0 Å². The van der Waals surface area contributed by atoms with Crippen LogP contribution in [0.25, 0.3) is 0 Å². The fourth-order valence-electron chi connectivity index (χ4n) is 2.55. The molecule has 1 atom stereocenters. The molecule has 7 heteroatoms. The first kappa shape index (κ1) is 26.7. The van der Waals surface area contributed by atoms with Gasteiger partial charge in [0.1, 0.15) is 0 Å². The van der Waals surface area contributed by atoms with Crippen LogP contribution >= 0.6 is 24.0 Å². The monoisotopic (exact) mass is 469 g/mol. The van der Waals surface area contributed by atoms with E-state index in [1.807, 2.05) is 6.92 Å². The standard InChI is InChI=1S/C18H39N5O.HI/c1-8-16(6)22-17(24)10-12-21-18(19-7)20-11-9-13-23(14(2)3)15(4)5;/h14-16H,8-13H2,1-7H3,(H,22,24)(H2,19,20,21);1H. The van der Waals surface area contributed by atoms with E-state index in [0.717, 1.165) is 31.9 Å². The van der Waals surface area contributed by atoms with E-state index in [1.165, 1.54) is 0 Å². The molecule has 0 fully saturated rings. The number of carbonyl (C=O) groups excluding carboxylic acids is 1. The predicted octanol–water partition coefficient (Wildman–Crippen LogP) is 2.58. The molecule has 0 bridgehead atoms. The number of hydrogen-bond donors (Lipinski definition) is 3. The van der Waals surface area contributed by atoms with Crippen molar-refractivity contribution in [1.29, 1.82) is 0 Å². The van der Waals surface area contributed by atoms with Crippen LogP contribution in [0.3, 0.4) is 0 Å². The molecule has 0 heterocycles. The van der Waals surface area contributed by atoms with Crippen molar-refractivity contribution >= 4 is 35.8 Å². The van der Waals surface area contributed by atoms with Crippen LogP contribution in [0.15, 0.2) is 4.99 Å². The van der Waals surface area contributed by atoms with E-state index in [0.29, 0.717) is 25.0 Å². The number of amides is 1. The van der Waals surface area contributed by atoms with Gasteiger partial charge in [0.2, 0.25) is 5.91 Å². The summed E-state index contributed by atoms with van der Waals surface area (Å²) in [5.74, 6) is 0.837. The summed E-state index contributed by atoms with van der Waals surface area (Å²) in [5.41, 5.74) is 0. The normalized spacial score (nSPS) is 13.0. The second-order valence-electron chi connectivity index (χ2n) is 6.83. The summed E-state index contributed by atoms with van der Waals surface area (Å²) in [7, 11) is 1.75. The Bertz CT molecular complexity index is 366. The minimum Gasteiger partial charge on any atom is -0.356 e. The largest absolute Gasteiger partial charge is 0.356 e. The van der Waals surface area contributed by atoms with Gasteiger partial charge in [0, 0.05) is 51.2 Å². The zero-order valence-electron chi connectivity index (χ0n) is 17.2. The highest BCUT2D eigenvalue weighted by Crippen LogP contribution is 2.05. The SMILES string of the molecule is CCC(C)NC(=O)CCNC(=NC)NCCCN(C(C)C)C(C)C.I. The van der Waals surface area contributed by atoms with Crippen LogP contribution in [-0.4, -0.2) is 61.6 Å². The number of carbonyl (C=O) groups is 1. The predicted molar refractivity (Wildman–Crippen MR) is 119 cm³/mol. The van der Waals surface area contributed by atoms with E-state index >= 15 is 0 Å². The topological polar surface area (TPSA) is 68.8 Å². The number of hydrogen-bond acceptors (Lipinski definition) is 3. The molecule has 6 nitrogen and oxygen atoms in total. The molecule has 0 aliphatic rings. The lowest BCUT2D eigenvalue weighted by Gasteiger charge is -2.30. The molecule has 0 saturated carbocycles. The van der Waals surface area contributed by atoms with Crippen LogP contribution < -0.4 is 16.0 Å². The second kappa shape index (κ2) is 15.7. The van der Waals surface area contributed by atoms with Gasteiger partial charge in [0.25, 0.3) is 0 Å². The van der Waals surface area contributed by atoms with Crippen molar-refractivity contribution in [2.45, 2.75) is 78.9 Å². The van der Waals surface area contributed by atoms with Gasteiger partial charge in [-0.1, -0.05) is 6.92 Å². The third-order valence-electron chi connectivity index (χ3n) is 4.10. The highest BCUT2D eigenvalue weighted by Gasteiger charge is 2.12. The van der Waals surface area contributed by atoms with Crippen molar-refractivity contribution in [3.63, 3.8) is 0 Å². The second-order valence-corrected chi connectivity index (χ2v) is 6.83. The molecule has 3 N–H and O–H groups in total. The molecule has 1 unspecified atom stereocenters. The van der Waals surface area contributed by atoms with Crippen LogP contribution in [0.5, 0.6) is 0 Å². The smallest absolute Gasteiger partial charge is 0.221 e. The van der Waals surface area contributed by atoms with Crippen LogP contribution in [0, 0.1) is 0 Å². The fraction of sp³-hybridized carbons (Fsp3) is 0.889. The van der Waals surface area contributed by atoms with Gasteiger partial charge >= 0.3 is 0 Å². The van der Waals surface area contributed by atoms with Crippen LogP contribution in [0.1, 0.15) is 60.8 Å². The van der Waals surface area contributed by atoms with Crippen molar-refractivity contribution < 1.29 is 4.79 Å². The van der Waals surface area contributed by atoms with Crippen molar-refractivity contribution in [2.75, 3.05) is 26.7 Å². The summed E-state index contributed by atoms with van der Waals surface area (Å²) in [5, 5.41) is 9.46. The summed E-state index contributed by atoms with van der Waals surface area (Å²) in [4.78, 5) is 18.4. The highest BCUT2D eigenvalue weighted by atomic mass is 127. The summed E-state index contributed by atoms with van der Waals surface area (Å²) in [6.45, 7) is 15.5. The molecule has 0 saturated heterocycles. The van der Waals surface area contributed by atoms with E-state index in [1.54, 1.807) is 7.05 Å². The maximum Gasteiger partial charge on any atom is 0.221 e. The van der Waals surface area contributed by atoms with Gasteiger partial charge < -0.3 is 16.0 Å². The number of rotatable bonds is 11. The van der Waals surface area contributed by atoms with Gasteiger partial charge in [-0.15, -0.1) is 24.0 Å². The lowest BCUT2D eigenvalue weighted by atomic mass is 10.2. The van der Waals surface area contributed by atoms with Crippen LogP contribution in [0.4, 0.5) is 0 Å². The van der Waals surface area contributed by atoms with Crippen molar-refractivity contribution in [2.24, 2.45) is 4.99 Å². The molecule has 1 amide bonds. The molecule has 0 aromatic rings. The highest BCUT2D eigenvalue weighted by molar-refractivity contribution is 14.0. The maximum absolute atomic E-state index is 11.7. The molecule has 150 valence electrons.